The van der Waals surface area contributed by atoms with Crippen LogP contribution >= 0.6 is 0 Å². The van der Waals surface area contributed by atoms with Crippen LogP contribution in [0.5, 0.6) is 5.75 Å². The van der Waals surface area contributed by atoms with E-state index < -0.39 is 10.4 Å². The average Bonchev–Trinajstić information content (AvgIpc) is 2.82. The van der Waals surface area contributed by atoms with Crippen molar-refractivity contribution in [1.29, 1.82) is 0 Å². The SMILES string of the molecule is CC1(CCCN)CNCCO1.COS(=O)(=O)O.O=C1c2ccccc2C(=O)c2c(O)cccc21. The van der Waals surface area contributed by atoms with Crippen molar-refractivity contribution in [2.75, 3.05) is 33.4 Å². The lowest BCUT2D eigenvalue weighted by Crippen LogP contribution is -2.47. The molecule has 0 aromatic heterocycles. The molecule has 0 spiro atoms. The summed E-state index contributed by atoms with van der Waals surface area (Å²) < 4.78 is 35.4. The topological polar surface area (TPSA) is 165 Å². The quantitative estimate of drug-likeness (QED) is 0.392. The Morgan fingerprint density at radius 3 is 2.21 bits per heavy atom. The van der Waals surface area contributed by atoms with Crippen LogP contribution in [-0.4, -0.2) is 68.6 Å². The third kappa shape index (κ3) is 7.42. The van der Waals surface area contributed by atoms with Crippen LogP contribution in [0.15, 0.2) is 42.5 Å². The van der Waals surface area contributed by atoms with Gasteiger partial charge in [0.1, 0.15) is 5.75 Å². The number of carbonyl (C=O) groups excluding carboxylic acids is 2. The highest BCUT2D eigenvalue weighted by Crippen LogP contribution is 2.32. The molecule has 1 unspecified atom stereocenters. The van der Waals surface area contributed by atoms with Gasteiger partial charge in [-0.25, -0.2) is 0 Å². The van der Waals surface area contributed by atoms with E-state index in [1.807, 2.05) is 0 Å². The summed E-state index contributed by atoms with van der Waals surface area (Å²) in [4.78, 5) is 24.3. The van der Waals surface area contributed by atoms with E-state index in [0.717, 1.165) is 46.2 Å². The summed E-state index contributed by atoms with van der Waals surface area (Å²) >= 11 is 0. The highest BCUT2D eigenvalue weighted by atomic mass is 32.3. The molecule has 11 heteroatoms. The summed E-state index contributed by atoms with van der Waals surface area (Å²) in [6, 6.07) is 11.2. The molecule has 186 valence electrons. The Morgan fingerprint density at radius 1 is 1.09 bits per heavy atom. The molecule has 4 rings (SSSR count). The van der Waals surface area contributed by atoms with Crippen molar-refractivity contribution < 1.29 is 36.6 Å². The minimum absolute atomic E-state index is 0.0393. The van der Waals surface area contributed by atoms with Crippen molar-refractivity contribution >= 4 is 22.0 Å². The van der Waals surface area contributed by atoms with Gasteiger partial charge in [0.15, 0.2) is 11.6 Å². The standard InChI is InChI=1S/C14H8O3.C8H18N2O.CH4O4S/c15-11-7-3-6-10-12(11)14(17)9-5-2-1-4-8(9)13(10)16;1-8(3-2-4-9)7-10-5-6-11-8;1-5-6(2,3)4/h1-7,15H;10H,2-7,9H2,1H3;1H3,(H,2,3,4). The molecule has 1 saturated heterocycles. The molecular weight excluding hydrogens is 464 g/mol. The number of carbonyl (C=O) groups is 2. The lowest BCUT2D eigenvalue weighted by atomic mass is 9.84. The predicted octanol–water partition coefficient (Wildman–Crippen LogP) is 1.71. The first-order chi connectivity index (χ1) is 16.0. The Labute approximate surface area is 199 Å². The fourth-order valence-electron chi connectivity index (χ4n) is 3.54. The zero-order chi connectivity index (χ0) is 25.4. The molecule has 5 N–H and O–H groups in total. The number of phenols is 1. The van der Waals surface area contributed by atoms with Crippen molar-refractivity contribution in [3.63, 3.8) is 0 Å². The number of hydrogen-bond donors (Lipinski definition) is 4. The largest absolute Gasteiger partial charge is 0.507 e. The molecular formula is C23H30N2O8S. The van der Waals surface area contributed by atoms with Crippen molar-refractivity contribution in [2.45, 2.75) is 25.4 Å². The number of phenolic OH excluding ortho intramolecular Hbond substituents is 1. The van der Waals surface area contributed by atoms with Crippen LogP contribution in [-0.2, 0) is 19.3 Å². The Bertz CT molecular complexity index is 1110. The summed E-state index contributed by atoms with van der Waals surface area (Å²) in [7, 11) is -3.29. The van der Waals surface area contributed by atoms with E-state index in [1.165, 1.54) is 6.07 Å². The molecule has 10 nitrogen and oxygen atoms in total. The Kier molecular flexibility index (Phi) is 9.86. The molecule has 2 aromatic carbocycles. The first-order valence-electron chi connectivity index (χ1n) is 10.6. The first-order valence-corrected chi connectivity index (χ1v) is 12.0. The van der Waals surface area contributed by atoms with Gasteiger partial charge in [0, 0.05) is 29.8 Å². The molecule has 1 aliphatic heterocycles. The molecule has 1 atom stereocenters. The molecule has 0 amide bonds. The third-order valence-corrected chi connectivity index (χ3v) is 5.70. The Hall–Kier alpha value is -2.67. The lowest BCUT2D eigenvalue weighted by molar-refractivity contribution is -0.0582. The normalized spacial score (nSPS) is 19.1. The number of ketones is 2. The predicted molar refractivity (Wildman–Crippen MR) is 125 cm³/mol. The molecule has 1 fully saturated rings. The van der Waals surface area contributed by atoms with Gasteiger partial charge >= 0.3 is 10.4 Å². The zero-order valence-electron chi connectivity index (χ0n) is 19.1. The van der Waals surface area contributed by atoms with E-state index in [0.29, 0.717) is 11.1 Å². The first kappa shape index (κ1) is 27.6. The van der Waals surface area contributed by atoms with Gasteiger partial charge in [0.2, 0.25) is 0 Å². The average molecular weight is 495 g/mol. The molecule has 0 saturated carbocycles. The number of hydrogen-bond acceptors (Lipinski definition) is 9. The second-order valence-electron chi connectivity index (χ2n) is 7.87. The van der Waals surface area contributed by atoms with E-state index in [1.54, 1.807) is 36.4 Å². The molecule has 2 aromatic rings. The number of rotatable bonds is 4. The highest BCUT2D eigenvalue weighted by Gasteiger charge is 2.31. The monoisotopic (exact) mass is 494 g/mol. The van der Waals surface area contributed by atoms with Crippen molar-refractivity contribution in [2.24, 2.45) is 5.73 Å². The third-order valence-electron chi connectivity index (χ3n) is 5.28. The number of nitrogens with one attached hydrogen (secondary N) is 1. The van der Waals surface area contributed by atoms with Crippen LogP contribution < -0.4 is 11.1 Å². The molecule has 1 heterocycles. The maximum Gasteiger partial charge on any atom is 0.397 e. The maximum absolute atomic E-state index is 12.2. The van der Waals surface area contributed by atoms with Crippen molar-refractivity contribution in [1.82, 2.24) is 5.32 Å². The van der Waals surface area contributed by atoms with Crippen LogP contribution in [0.25, 0.3) is 0 Å². The van der Waals surface area contributed by atoms with E-state index in [4.69, 9.17) is 15.0 Å². The van der Waals surface area contributed by atoms with Crippen LogP contribution in [0.1, 0.15) is 51.6 Å². The van der Waals surface area contributed by atoms with Gasteiger partial charge in [-0.05, 0) is 32.4 Å². The minimum atomic E-state index is -4.16. The van der Waals surface area contributed by atoms with E-state index in [9.17, 15) is 23.1 Å². The summed E-state index contributed by atoms with van der Waals surface area (Å²) in [6.45, 7) is 5.69. The second-order valence-corrected chi connectivity index (χ2v) is 9.05. The van der Waals surface area contributed by atoms with E-state index in [-0.39, 0.29) is 34.0 Å². The van der Waals surface area contributed by atoms with Crippen molar-refractivity contribution in [3.05, 3.63) is 64.7 Å². The number of ether oxygens (including phenoxy) is 1. The highest BCUT2D eigenvalue weighted by molar-refractivity contribution is 7.80. The van der Waals surface area contributed by atoms with Crippen LogP contribution in [0, 0.1) is 0 Å². The van der Waals surface area contributed by atoms with Gasteiger partial charge in [0.05, 0.1) is 24.9 Å². The van der Waals surface area contributed by atoms with Gasteiger partial charge in [-0.3, -0.25) is 18.3 Å². The number of aromatic hydroxyl groups is 1. The summed E-state index contributed by atoms with van der Waals surface area (Å²) in [6.07, 6.45) is 2.12. The Morgan fingerprint density at radius 2 is 1.68 bits per heavy atom. The number of nitrogens with two attached hydrogens (primary N) is 1. The summed E-state index contributed by atoms with van der Waals surface area (Å²) in [5.74, 6) is -0.658. The summed E-state index contributed by atoms with van der Waals surface area (Å²) in [5, 5.41) is 13.0. The molecule has 1 aliphatic carbocycles. The molecule has 0 bridgehead atoms. The molecule has 34 heavy (non-hydrogen) atoms. The molecule has 2 aliphatic rings. The van der Waals surface area contributed by atoms with Gasteiger partial charge < -0.3 is 20.9 Å². The fraction of sp³-hybridized carbons (Fsp3) is 0.391. The van der Waals surface area contributed by atoms with E-state index in [2.05, 4.69) is 16.4 Å². The minimum Gasteiger partial charge on any atom is -0.507 e. The van der Waals surface area contributed by atoms with Gasteiger partial charge in [0.25, 0.3) is 0 Å². The van der Waals surface area contributed by atoms with E-state index >= 15 is 0 Å². The zero-order valence-corrected chi connectivity index (χ0v) is 19.9. The van der Waals surface area contributed by atoms with Gasteiger partial charge in [-0.2, -0.15) is 8.42 Å². The lowest BCUT2D eigenvalue weighted by Gasteiger charge is -2.34. The van der Waals surface area contributed by atoms with Crippen LogP contribution in [0.2, 0.25) is 0 Å². The fourth-order valence-corrected chi connectivity index (χ4v) is 3.54. The second kappa shape index (κ2) is 12.2. The van der Waals surface area contributed by atoms with Gasteiger partial charge in [-0.15, -0.1) is 0 Å². The summed E-state index contributed by atoms with van der Waals surface area (Å²) in [5.41, 5.74) is 6.60. The molecule has 0 radical (unpaired) electrons. The van der Waals surface area contributed by atoms with Gasteiger partial charge in [-0.1, -0.05) is 36.4 Å². The number of morpholine rings is 1. The number of benzene rings is 2. The number of fused-ring (bicyclic) bond motifs is 2. The van der Waals surface area contributed by atoms with Crippen molar-refractivity contribution in [3.8, 4) is 5.75 Å². The Balaban J connectivity index is 0.000000207. The van der Waals surface area contributed by atoms with Crippen LogP contribution in [0.4, 0.5) is 0 Å². The smallest absolute Gasteiger partial charge is 0.397 e. The van der Waals surface area contributed by atoms with Crippen LogP contribution in [0.3, 0.4) is 0 Å². The maximum atomic E-state index is 12.2.